The predicted octanol–water partition coefficient (Wildman–Crippen LogP) is 3.98. The third kappa shape index (κ3) is 3.62. The molecule has 2 rings (SSSR count). The van der Waals surface area contributed by atoms with Crippen LogP contribution in [-0.4, -0.2) is 12.3 Å². The molecule has 1 aromatic rings. The van der Waals surface area contributed by atoms with Gasteiger partial charge in [0.05, 0.1) is 5.71 Å². The smallest absolute Gasteiger partial charge is 0.122 e. The summed E-state index contributed by atoms with van der Waals surface area (Å²) in [6.45, 7) is 0.638. The Bertz CT molecular complexity index is 421. The van der Waals surface area contributed by atoms with Crippen molar-refractivity contribution in [3.05, 3.63) is 49.8 Å². The number of hydrogen-bond donors (Lipinski definition) is 0. The lowest BCUT2D eigenvalue weighted by Crippen LogP contribution is -1.96. The van der Waals surface area contributed by atoms with Gasteiger partial charge in [0.1, 0.15) is 6.61 Å². The van der Waals surface area contributed by atoms with Crippen LogP contribution >= 0.6 is 23.2 Å². The molecular formula is C9H7Cl2N4O-. The van der Waals surface area contributed by atoms with Crippen LogP contribution in [0.4, 0.5) is 0 Å². The Kier molecular flexibility index (Phi) is 4.92. The molecule has 0 unspecified atom stereocenters. The maximum absolute atomic E-state index is 6.75. The summed E-state index contributed by atoms with van der Waals surface area (Å²) in [6.07, 6.45) is 0.816. The minimum absolute atomic E-state index is 0.622. The number of hydrogen-bond acceptors (Lipinski definition) is 2. The van der Waals surface area contributed by atoms with Gasteiger partial charge in [-0.15, -0.1) is 0 Å². The quantitative estimate of drug-likeness (QED) is 0.426. The van der Waals surface area contributed by atoms with Crippen molar-refractivity contribution in [2.24, 2.45) is 5.16 Å². The van der Waals surface area contributed by atoms with Gasteiger partial charge in [0.25, 0.3) is 0 Å². The first-order valence-corrected chi connectivity index (χ1v) is 5.06. The number of rotatable bonds is 1. The van der Waals surface area contributed by atoms with E-state index in [1.54, 1.807) is 6.07 Å². The van der Waals surface area contributed by atoms with E-state index in [0.29, 0.717) is 16.7 Å². The van der Waals surface area contributed by atoms with Gasteiger partial charge in [-0.3, -0.25) is 4.91 Å². The predicted molar refractivity (Wildman–Crippen MR) is 63.6 cm³/mol. The molecule has 0 spiro atoms. The van der Waals surface area contributed by atoms with Crippen LogP contribution in [0, 0.1) is 0 Å². The van der Waals surface area contributed by atoms with Crippen LogP contribution in [0.2, 0.25) is 10.0 Å². The minimum Gasteiger partial charge on any atom is -0.395 e. The molecule has 0 fully saturated rings. The Morgan fingerprint density at radius 2 is 1.75 bits per heavy atom. The summed E-state index contributed by atoms with van der Waals surface area (Å²) >= 11 is 11.7. The Balaban J connectivity index is 0.000000386. The molecule has 7 heteroatoms. The van der Waals surface area contributed by atoms with E-state index in [4.69, 9.17) is 39.1 Å². The van der Waals surface area contributed by atoms with Crippen LogP contribution in [0.1, 0.15) is 12.0 Å². The molecule has 1 aromatic carbocycles. The lowest BCUT2D eigenvalue weighted by atomic mass is 10.1. The van der Waals surface area contributed by atoms with Crippen molar-refractivity contribution in [2.45, 2.75) is 6.42 Å². The summed E-state index contributed by atoms with van der Waals surface area (Å²) in [6, 6.07) is 5.37. The lowest BCUT2D eigenvalue weighted by Gasteiger charge is -1.99. The second-order valence-corrected chi connectivity index (χ2v) is 3.74. The second kappa shape index (κ2) is 6.23. The molecule has 0 saturated carbocycles. The molecule has 0 aromatic heterocycles. The second-order valence-electron chi connectivity index (χ2n) is 2.87. The van der Waals surface area contributed by atoms with E-state index >= 15 is 0 Å². The maximum Gasteiger partial charge on any atom is 0.122 e. The highest BCUT2D eigenvalue weighted by atomic mass is 35.5. The van der Waals surface area contributed by atoms with E-state index in [1.165, 1.54) is 4.91 Å². The van der Waals surface area contributed by atoms with Gasteiger partial charge in [-0.1, -0.05) is 28.4 Å². The van der Waals surface area contributed by atoms with Crippen molar-refractivity contribution in [2.75, 3.05) is 6.61 Å². The topological polar surface area (TPSA) is 80.3 Å². The fourth-order valence-electron chi connectivity index (χ4n) is 1.23. The van der Waals surface area contributed by atoms with Crippen molar-refractivity contribution in [3.8, 4) is 0 Å². The summed E-state index contributed by atoms with van der Waals surface area (Å²) in [5.74, 6) is 0. The van der Waals surface area contributed by atoms with Gasteiger partial charge < -0.3 is 15.9 Å². The molecule has 0 aliphatic carbocycles. The summed E-state index contributed by atoms with van der Waals surface area (Å²) in [5.41, 5.74) is 15.3. The first-order chi connectivity index (χ1) is 7.67. The van der Waals surface area contributed by atoms with E-state index in [0.717, 1.165) is 17.7 Å². The summed E-state index contributed by atoms with van der Waals surface area (Å²) in [7, 11) is 0. The van der Waals surface area contributed by atoms with Gasteiger partial charge in [0.15, 0.2) is 0 Å². The van der Waals surface area contributed by atoms with Gasteiger partial charge >= 0.3 is 0 Å². The molecule has 84 valence electrons. The van der Waals surface area contributed by atoms with Crippen molar-refractivity contribution in [1.82, 2.24) is 0 Å². The first-order valence-electron chi connectivity index (χ1n) is 4.31. The Hall–Kier alpha value is -1.42. The summed E-state index contributed by atoms with van der Waals surface area (Å²) < 4.78 is 0. The van der Waals surface area contributed by atoms with Crippen molar-refractivity contribution >= 4 is 28.9 Å². The number of oxime groups is 1. The Morgan fingerprint density at radius 3 is 2.19 bits per heavy atom. The van der Waals surface area contributed by atoms with Crippen molar-refractivity contribution < 1.29 is 4.84 Å². The van der Waals surface area contributed by atoms with Gasteiger partial charge in [-0.05, 0) is 18.2 Å². The third-order valence-electron chi connectivity index (χ3n) is 1.80. The van der Waals surface area contributed by atoms with Crippen LogP contribution in [0.15, 0.2) is 23.4 Å². The molecule has 0 atom stereocenters. The normalized spacial score (nSPS) is 13.0. The largest absolute Gasteiger partial charge is 0.395 e. The molecule has 1 heterocycles. The fourth-order valence-corrected chi connectivity index (χ4v) is 1.76. The monoisotopic (exact) mass is 257 g/mol. The average molecular weight is 258 g/mol. The molecule has 0 saturated heterocycles. The zero-order valence-corrected chi connectivity index (χ0v) is 9.61. The first kappa shape index (κ1) is 12.6. The molecule has 0 radical (unpaired) electrons. The SMILES string of the molecule is Clc1cc(Cl)cc(C2=NOCC2)c1.[N-]=[N+]=[N-]. The standard InChI is InChI=1S/C9H7Cl2NO.N3/c10-7-3-6(4-8(11)5-7)9-1-2-13-12-9;1-3-2/h3-5H,1-2H2;/q;-1. The number of nitrogens with zero attached hydrogens (tertiary/aromatic N) is 4. The molecule has 1 aliphatic rings. The van der Waals surface area contributed by atoms with Gasteiger partial charge in [0.2, 0.25) is 0 Å². The molecule has 16 heavy (non-hydrogen) atoms. The number of halogens is 2. The zero-order valence-electron chi connectivity index (χ0n) is 8.10. The average Bonchev–Trinajstić information content (AvgIpc) is 2.69. The third-order valence-corrected chi connectivity index (χ3v) is 2.24. The highest BCUT2D eigenvalue weighted by molar-refractivity contribution is 6.35. The molecule has 0 N–H and O–H groups in total. The van der Waals surface area contributed by atoms with Gasteiger partial charge in [-0.2, -0.15) is 0 Å². The van der Waals surface area contributed by atoms with E-state index in [-0.39, 0.29) is 0 Å². The highest BCUT2D eigenvalue weighted by Gasteiger charge is 2.11. The summed E-state index contributed by atoms with van der Waals surface area (Å²) in [4.78, 5) is 6.39. The van der Waals surface area contributed by atoms with E-state index in [2.05, 4.69) is 5.16 Å². The molecular weight excluding hydrogens is 251 g/mol. The Morgan fingerprint density at radius 1 is 1.19 bits per heavy atom. The minimum atomic E-state index is 0.622. The number of benzene rings is 1. The molecule has 0 bridgehead atoms. The van der Waals surface area contributed by atoms with Gasteiger partial charge in [-0.25, -0.2) is 0 Å². The highest BCUT2D eigenvalue weighted by Crippen LogP contribution is 2.21. The molecule has 5 nitrogen and oxygen atoms in total. The van der Waals surface area contributed by atoms with Crippen LogP contribution in [0.5, 0.6) is 0 Å². The maximum atomic E-state index is 6.75. The van der Waals surface area contributed by atoms with Crippen molar-refractivity contribution in [3.63, 3.8) is 0 Å². The molecule has 1 aliphatic heterocycles. The van der Waals surface area contributed by atoms with Crippen LogP contribution in [-0.2, 0) is 4.84 Å². The van der Waals surface area contributed by atoms with E-state index in [9.17, 15) is 0 Å². The Labute approximate surface area is 102 Å². The van der Waals surface area contributed by atoms with Crippen LogP contribution in [0.25, 0.3) is 16.0 Å². The van der Waals surface area contributed by atoms with Gasteiger partial charge in [0, 0.05) is 22.0 Å². The van der Waals surface area contributed by atoms with Crippen LogP contribution in [0.3, 0.4) is 0 Å². The van der Waals surface area contributed by atoms with Crippen LogP contribution < -0.4 is 0 Å². The molecule has 0 amide bonds. The summed E-state index contributed by atoms with van der Waals surface area (Å²) in [5, 5.41) is 5.13. The van der Waals surface area contributed by atoms with E-state index in [1.807, 2.05) is 12.1 Å². The van der Waals surface area contributed by atoms with Crippen molar-refractivity contribution in [1.29, 1.82) is 0 Å². The zero-order chi connectivity index (χ0) is 12.0. The fraction of sp³-hybridized carbons (Fsp3) is 0.222. The lowest BCUT2D eigenvalue weighted by molar-refractivity contribution is 0.174. The van der Waals surface area contributed by atoms with E-state index < -0.39 is 0 Å².